The van der Waals surface area contributed by atoms with E-state index < -0.39 is 0 Å². The van der Waals surface area contributed by atoms with Crippen LogP contribution in [0.2, 0.25) is 0 Å². The second kappa shape index (κ2) is 10.1. The average Bonchev–Trinajstić information content (AvgIpc) is 2.95. The minimum absolute atomic E-state index is 0.0338. The Hall–Kier alpha value is -3.79. The Morgan fingerprint density at radius 3 is 2.13 bits per heavy atom. The molecule has 6 rings (SSSR count). The smallest absolute Gasteiger partial charge is 0.338 e. The first-order chi connectivity index (χ1) is 18.9. The largest absolute Gasteiger partial charge is 0.497 e. The summed E-state index contributed by atoms with van der Waals surface area (Å²) < 4.78 is 17.6. The van der Waals surface area contributed by atoms with E-state index in [1.807, 2.05) is 30.3 Å². The number of hydrogen-bond acceptors (Lipinski definition) is 4. The maximum atomic E-state index is 13.6. The van der Waals surface area contributed by atoms with E-state index in [-0.39, 0.29) is 12.1 Å². The minimum atomic E-state index is -0.230. The maximum Gasteiger partial charge on any atom is 0.338 e. The molecule has 0 spiro atoms. The van der Waals surface area contributed by atoms with E-state index in [1.54, 1.807) is 14.2 Å². The lowest BCUT2D eigenvalue weighted by Gasteiger charge is -2.36. The second-order valence-corrected chi connectivity index (χ2v) is 11.5. The SMILES string of the molecule is COc1cc(OC)c2c(ccc3ccc4ccc5ccc(C(=O)O[C@H]6C[C@@H](C)CC[C@@H]6C(C)C)cc5c4c32)c1. The van der Waals surface area contributed by atoms with Gasteiger partial charge in [0, 0.05) is 16.8 Å². The van der Waals surface area contributed by atoms with Crippen molar-refractivity contribution in [3.05, 3.63) is 72.3 Å². The molecule has 200 valence electrons. The zero-order valence-electron chi connectivity index (χ0n) is 23.4. The molecule has 3 atom stereocenters. The van der Waals surface area contributed by atoms with Gasteiger partial charge >= 0.3 is 5.97 Å². The molecule has 0 radical (unpaired) electrons. The fourth-order valence-corrected chi connectivity index (χ4v) is 6.62. The van der Waals surface area contributed by atoms with Gasteiger partial charge in [-0.2, -0.15) is 0 Å². The first-order valence-corrected chi connectivity index (χ1v) is 14.0. The van der Waals surface area contributed by atoms with Crippen LogP contribution in [0.3, 0.4) is 0 Å². The molecule has 5 aromatic carbocycles. The Labute approximate surface area is 229 Å². The molecule has 0 amide bonds. The van der Waals surface area contributed by atoms with Gasteiger partial charge in [-0.25, -0.2) is 4.79 Å². The number of carbonyl (C=O) groups is 1. The Kier molecular flexibility index (Phi) is 6.58. The zero-order valence-corrected chi connectivity index (χ0v) is 23.4. The highest BCUT2D eigenvalue weighted by Gasteiger charge is 2.33. The van der Waals surface area contributed by atoms with Gasteiger partial charge in [0.25, 0.3) is 0 Å². The third-order valence-corrected chi connectivity index (χ3v) is 8.74. The molecule has 0 bridgehead atoms. The predicted octanol–water partition coefficient (Wildman–Crippen LogP) is 8.93. The van der Waals surface area contributed by atoms with Gasteiger partial charge in [-0.1, -0.05) is 69.7 Å². The van der Waals surface area contributed by atoms with Crippen LogP contribution in [0.15, 0.2) is 66.7 Å². The van der Waals surface area contributed by atoms with Crippen LogP contribution in [0.25, 0.3) is 43.1 Å². The van der Waals surface area contributed by atoms with Gasteiger partial charge in [0.2, 0.25) is 0 Å². The maximum absolute atomic E-state index is 13.6. The molecule has 0 aromatic heterocycles. The molecule has 0 N–H and O–H groups in total. The quantitative estimate of drug-likeness (QED) is 0.171. The number of hydrogen-bond donors (Lipinski definition) is 0. The lowest BCUT2D eigenvalue weighted by molar-refractivity contribution is -0.0173. The van der Waals surface area contributed by atoms with Crippen molar-refractivity contribution in [2.45, 2.75) is 46.1 Å². The van der Waals surface area contributed by atoms with Crippen LogP contribution in [-0.2, 0) is 4.74 Å². The summed E-state index contributed by atoms with van der Waals surface area (Å²) in [6.07, 6.45) is 3.22. The van der Waals surface area contributed by atoms with Gasteiger partial charge in [0.05, 0.1) is 19.8 Å². The third kappa shape index (κ3) is 4.46. The Balaban J connectivity index is 1.54. The van der Waals surface area contributed by atoms with E-state index in [9.17, 15) is 4.79 Å². The third-order valence-electron chi connectivity index (χ3n) is 8.74. The molecule has 0 unspecified atom stereocenters. The van der Waals surface area contributed by atoms with Gasteiger partial charge in [0.1, 0.15) is 17.6 Å². The summed E-state index contributed by atoms with van der Waals surface area (Å²) in [6.45, 7) is 6.74. The first-order valence-electron chi connectivity index (χ1n) is 14.0. The molecule has 39 heavy (non-hydrogen) atoms. The van der Waals surface area contributed by atoms with Gasteiger partial charge in [-0.05, 0) is 81.1 Å². The van der Waals surface area contributed by atoms with Crippen LogP contribution in [0.4, 0.5) is 0 Å². The summed E-state index contributed by atoms with van der Waals surface area (Å²) in [6, 6.07) is 22.8. The van der Waals surface area contributed by atoms with E-state index >= 15 is 0 Å². The summed E-state index contributed by atoms with van der Waals surface area (Å²) in [5, 5.41) is 8.67. The summed E-state index contributed by atoms with van der Waals surface area (Å²) in [5.41, 5.74) is 0.599. The van der Waals surface area contributed by atoms with E-state index in [0.29, 0.717) is 23.3 Å². The zero-order chi connectivity index (χ0) is 27.3. The van der Waals surface area contributed by atoms with Gasteiger partial charge < -0.3 is 14.2 Å². The molecule has 5 aromatic rings. The lowest BCUT2D eigenvalue weighted by Crippen LogP contribution is -2.35. The summed E-state index contributed by atoms with van der Waals surface area (Å²) in [5.74, 6) is 2.76. The number of ether oxygens (including phenoxy) is 3. The van der Waals surface area contributed by atoms with Crippen molar-refractivity contribution >= 4 is 49.1 Å². The molecule has 0 heterocycles. The summed E-state index contributed by atoms with van der Waals surface area (Å²) in [4.78, 5) is 13.6. The molecule has 1 aliphatic carbocycles. The fourth-order valence-electron chi connectivity index (χ4n) is 6.62. The summed E-state index contributed by atoms with van der Waals surface area (Å²) >= 11 is 0. The molecule has 4 heteroatoms. The topological polar surface area (TPSA) is 44.8 Å². The van der Waals surface area contributed by atoms with E-state index in [1.165, 1.54) is 6.42 Å². The highest BCUT2D eigenvalue weighted by atomic mass is 16.5. The van der Waals surface area contributed by atoms with Crippen LogP contribution < -0.4 is 9.47 Å². The molecular formula is C35H36O4. The van der Waals surface area contributed by atoms with Gasteiger partial charge in [-0.15, -0.1) is 0 Å². The number of fused-ring (bicyclic) bond motifs is 7. The number of esters is 1. The van der Waals surface area contributed by atoms with Crippen LogP contribution in [0.1, 0.15) is 50.4 Å². The van der Waals surface area contributed by atoms with Crippen LogP contribution in [-0.4, -0.2) is 26.3 Å². The highest BCUT2D eigenvalue weighted by Crippen LogP contribution is 2.42. The van der Waals surface area contributed by atoms with Crippen molar-refractivity contribution in [1.82, 2.24) is 0 Å². The van der Waals surface area contributed by atoms with Gasteiger partial charge in [-0.3, -0.25) is 0 Å². The van der Waals surface area contributed by atoms with Crippen molar-refractivity contribution < 1.29 is 19.0 Å². The molecule has 1 fully saturated rings. The van der Waals surface area contributed by atoms with E-state index in [2.05, 4.69) is 57.2 Å². The average molecular weight is 521 g/mol. The minimum Gasteiger partial charge on any atom is -0.497 e. The fraction of sp³-hybridized carbons (Fsp3) is 0.343. The molecule has 0 saturated heterocycles. The molecule has 0 aliphatic heterocycles. The first kappa shape index (κ1) is 25.5. The standard InChI is InChI=1S/C35H36O4/c1-20(2)28-15-6-21(3)16-30(28)39-35(36)26-14-8-22-7-9-23-10-11-24-12-13-25-17-27(37-4)19-31(38-5)33(25)34(24)32(23)29(22)18-26/h7-14,17-21,28,30H,6,15-16H2,1-5H3/t21-,28+,30-/m0/s1. The molecular weight excluding hydrogens is 484 g/mol. The lowest BCUT2D eigenvalue weighted by atomic mass is 9.75. The van der Waals surface area contributed by atoms with E-state index in [4.69, 9.17) is 14.2 Å². The van der Waals surface area contributed by atoms with Crippen molar-refractivity contribution in [2.75, 3.05) is 14.2 Å². The predicted molar refractivity (Wildman–Crippen MR) is 160 cm³/mol. The van der Waals surface area contributed by atoms with E-state index in [0.717, 1.165) is 67.4 Å². The Morgan fingerprint density at radius 2 is 1.44 bits per heavy atom. The number of rotatable bonds is 5. The summed E-state index contributed by atoms with van der Waals surface area (Å²) in [7, 11) is 3.36. The second-order valence-electron chi connectivity index (χ2n) is 11.5. The number of methoxy groups -OCH3 is 2. The Bertz CT molecular complexity index is 1710. The number of carbonyl (C=O) groups excluding carboxylic acids is 1. The monoisotopic (exact) mass is 520 g/mol. The van der Waals surface area contributed by atoms with Crippen LogP contribution >= 0.6 is 0 Å². The van der Waals surface area contributed by atoms with Crippen molar-refractivity contribution in [1.29, 1.82) is 0 Å². The number of benzene rings is 5. The highest BCUT2D eigenvalue weighted by molar-refractivity contribution is 6.29. The van der Waals surface area contributed by atoms with Crippen molar-refractivity contribution in [3.63, 3.8) is 0 Å². The van der Waals surface area contributed by atoms with Crippen LogP contribution in [0.5, 0.6) is 11.5 Å². The molecule has 1 aliphatic rings. The normalized spacial score (nSPS) is 19.7. The molecule has 1 saturated carbocycles. The van der Waals surface area contributed by atoms with Crippen LogP contribution in [0, 0.1) is 17.8 Å². The Morgan fingerprint density at radius 1 is 0.769 bits per heavy atom. The van der Waals surface area contributed by atoms with Gasteiger partial charge in [0.15, 0.2) is 0 Å². The van der Waals surface area contributed by atoms with Crippen molar-refractivity contribution in [3.8, 4) is 11.5 Å². The molecule has 4 nitrogen and oxygen atoms in total. The van der Waals surface area contributed by atoms with Crippen molar-refractivity contribution in [2.24, 2.45) is 17.8 Å².